The first kappa shape index (κ1) is 16.9. The van der Waals surface area contributed by atoms with Gasteiger partial charge in [-0.2, -0.15) is 0 Å². The quantitative estimate of drug-likeness (QED) is 0.587. The number of amides is 1. The van der Waals surface area contributed by atoms with Crippen molar-refractivity contribution in [1.82, 2.24) is 10.2 Å². The van der Waals surface area contributed by atoms with Crippen molar-refractivity contribution in [2.24, 2.45) is 5.73 Å². The molecule has 0 bridgehead atoms. The number of hydrogen-bond acceptors (Lipinski definition) is 7. The lowest BCUT2D eigenvalue weighted by atomic mass is 10.1. The second-order valence-electron chi connectivity index (χ2n) is 4.94. The molecule has 3 N–H and O–H groups in total. The summed E-state index contributed by atoms with van der Waals surface area (Å²) >= 11 is 4.51. The Bertz CT molecular complexity index is 774. The molecule has 2 heterocycles. The van der Waals surface area contributed by atoms with E-state index in [9.17, 15) is 4.79 Å². The molecule has 0 aliphatic rings. The second kappa shape index (κ2) is 8.27. The number of thiophene rings is 1. The number of nitrogens with one attached hydrogen (secondary N) is 1. The van der Waals surface area contributed by atoms with E-state index in [2.05, 4.69) is 27.0 Å². The minimum absolute atomic E-state index is 0.381. The Labute approximate surface area is 152 Å². The highest BCUT2D eigenvalue weighted by Gasteiger charge is 2.21. The molecule has 0 fully saturated rings. The molecule has 3 aromatic rings. The average Bonchev–Trinajstić information content (AvgIpc) is 3.25. The number of carbonyl (C=O) groups is 1. The van der Waals surface area contributed by atoms with Crippen molar-refractivity contribution in [2.75, 3.05) is 11.9 Å². The lowest BCUT2D eigenvalue weighted by Gasteiger charge is -2.10. The third-order valence-electron chi connectivity index (χ3n) is 3.21. The Balaban J connectivity index is 1.59. The first-order valence-electron chi connectivity index (χ1n) is 7.33. The SMILES string of the molecule is NC(=O)C(Sc1nnc(NCCc2cccs2)s1)c1ccccc1. The predicted molar refractivity (Wildman–Crippen MR) is 101 cm³/mol. The Morgan fingerprint density at radius 3 is 2.75 bits per heavy atom. The van der Waals surface area contributed by atoms with Crippen molar-refractivity contribution in [2.45, 2.75) is 16.0 Å². The van der Waals surface area contributed by atoms with Gasteiger partial charge in [0, 0.05) is 11.4 Å². The van der Waals surface area contributed by atoms with Crippen LogP contribution in [0.3, 0.4) is 0 Å². The highest BCUT2D eigenvalue weighted by atomic mass is 32.2. The van der Waals surface area contributed by atoms with E-state index < -0.39 is 5.25 Å². The molecule has 0 aliphatic heterocycles. The number of nitrogens with zero attached hydrogens (tertiary/aromatic N) is 2. The fourth-order valence-corrected chi connectivity index (χ4v) is 4.72. The largest absolute Gasteiger partial charge is 0.368 e. The second-order valence-corrected chi connectivity index (χ2v) is 8.30. The molecular weight excluding hydrogens is 360 g/mol. The number of benzene rings is 1. The fraction of sp³-hybridized carbons (Fsp3) is 0.188. The highest BCUT2D eigenvalue weighted by molar-refractivity contribution is 8.01. The molecule has 1 unspecified atom stereocenters. The number of thioether (sulfide) groups is 1. The van der Waals surface area contributed by atoms with Crippen LogP contribution in [0.15, 0.2) is 52.2 Å². The number of aromatic nitrogens is 2. The molecule has 0 spiro atoms. The lowest BCUT2D eigenvalue weighted by molar-refractivity contribution is -0.117. The zero-order valence-electron chi connectivity index (χ0n) is 12.7. The van der Waals surface area contributed by atoms with Crippen LogP contribution in [0, 0.1) is 0 Å². The zero-order valence-corrected chi connectivity index (χ0v) is 15.2. The van der Waals surface area contributed by atoms with Gasteiger partial charge in [0.05, 0.1) is 0 Å². The van der Waals surface area contributed by atoms with E-state index in [-0.39, 0.29) is 5.91 Å². The number of carbonyl (C=O) groups excluding carboxylic acids is 1. The molecule has 0 saturated carbocycles. The molecular formula is C16H16N4OS3. The van der Waals surface area contributed by atoms with Crippen LogP contribution in [0.25, 0.3) is 0 Å². The topological polar surface area (TPSA) is 80.9 Å². The summed E-state index contributed by atoms with van der Waals surface area (Å²) in [5, 5.41) is 13.9. The van der Waals surface area contributed by atoms with Gasteiger partial charge in [-0.25, -0.2) is 0 Å². The molecule has 0 aliphatic carbocycles. The summed E-state index contributed by atoms with van der Waals surface area (Å²) in [6.45, 7) is 0.803. The minimum atomic E-state index is -0.460. The molecule has 1 atom stereocenters. The predicted octanol–water partition coefficient (Wildman–Crippen LogP) is 3.57. The summed E-state index contributed by atoms with van der Waals surface area (Å²) in [6, 6.07) is 13.6. The van der Waals surface area contributed by atoms with Crippen LogP contribution in [0.5, 0.6) is 0 Å². The van der Waals surface area contributed by atoms with Crippen LogP contribution < -0.4 is 11.1 Å². The van der Waals surface area contributed by atoms with E-state index in [0.717, 1.165) is 28.0 Å². The van der Waals surface area contributed by atoms with Gasteiger partial charge in [0.25, 0.3) is 0 Å². The minimum Gasteiger partial charge on any atom is -0.368 e. The number of primary amides is 1. The summed E-state index contributed by atoms with van der Waals surface area (Å²) in [7, 11) is 0. The molecule has 2 aromatic heterocycles. The Hall–Kier alpha value is -1.90. The van der Waals surface area contributed by atoms with Crippen LogP contribution >= 0.6 is 34.4 Å². The van der Waals surface area contributed by atoms with E-state index in [1.807, 2.05) is 36.4 Å². The van der Waals surface area contributed by atoms with Gasteiger partial charge in [-0.05, 0) is 23.4 Å². The van der Waals surface area contributed by atoms with Gasteiger partial charge < -0.3 is 11.1 Å². The molecule has 124 valence electrons. The van der Waals surface area contributed by atoms with Crippen molar-refractivity contribution in [1.29, 1.82) is 0 Å². The van der Waals surface area contributed by atoms with Crippen LogP contribution in [0.1, 0.15) is 15.7 Å². The lowest BCUT2D eigenvalue weighted by Crippen LogP contribution is -2.18. The maximum absolute atomic E-state index is 11.8. The first-order valence-corrected chi connectivity index (χ1v) is 9.90. The summed E-state index contributed by atoms with van der Waals surface area (Å²) in [5.41, 5.74) is 6.41. The fourth-order valence-electron chi connectivity index (χ4n) is 2.10. The van der Waals surface area contributed by atoms with Gasteiger partial charge in [-0.3, -0.25) is 4.79 Å². The molecule has 1 amide bonds. The van der Waals surface area contributed by atoms with Gasteiger partial charge in [-0.15, -0.1) is 21.5 Å². The van der Waals surface area contributed by atoms with E-state index in [1.54, 1.807) is 11.3 Å². The van der Waals surface area contributed by atoms with E-state index in [0.29, 0.717) is 0 Å². The smallest absolute Gasteiger partial charge is 0.235 e. The van der Waals surface area contributed by atoms with Gasteiger partial charge in [0.1, 0.15) is 5.25 Å². The maximum atomic E-state index is 11.8. The average molecular weight is 377 g/mol. The Morgan fingerprint density at radius 2 is 2.04 bits per heavy atom. The number of nitrogens with two attached hydrogens (primary N) is 1. The molecule has 8 heteroatoms. The molecule has 24 heavy (non-hydrogen) atoms. The van der Waals surface area contributed by atoms with Crippen molar-refractivity contribution in [3.8, 4) is 0 Å². The van der Waals surface area contributed by atoms with Gasteiger partial charge in [0.2, 0.25) is 11.0 Å². The van der Waals surface area contributed by atoms with Crippen LogP contribution in [0.2, 0.25) is 0 Å². The van der Waals surface area contributed by atoms with E-state index in [1.165, 1.54) is 28.0 Å². The van der Waals surface area contributed by atoms with Crippen LogP contribution in [-0.4, -0.2) is 22.6 Å². The molecule has 0 saturated heterocycles. The Kier molecular flexibility index (Phi) is 5.84. The summed E-state index contributed by atoms with van der Waals surface area (Å²) in [5.74, 6) is -0.381. The molecule has 1 aromatic carbocycles. The monoisotopic (exact) mass is 376 g/mol. The van der Waals surface area contributed by atoms with Gasteiger partial charge in [-0.1, -0.05) is 59.5 Å². The highest BCUT2D eigenvalue weighted by Crippen LogP contribution is 2.37. The van der Waals surface area contributed by atoms with Crippen molar-refractivity contribution < 1.29 is 4.79 Å². The first-order chi connectivity index (χ1) is 11.7. The van der Waals surface area contributed by atoms with E-state index >= 15 is 0 Å². The van der Waals surface area contributed by atoms with E-state index in [4.69, 9.17) is 5.73 Å². The van der Waals surface area contributed by atoms with Crippen molar-refractivity contribution in [3.63, 3.8) is 0 Å². The third-order valence-corrected chi connectivity index (χ3v) is 6.39. The van der Waals surface area contributed by atoms with Crippen LogP contribution in [-0.2, 0) is 11.2 Å². The van der Waals surface area contributed by atoms with Crippen LogP contribution in [0.4, 0.5) is 5.13 Å². The summed E-state index contributed by atoms with van der Waals surface area (Å²) in [4.78, 5) is 13.1. The maximum Gasteiger partial charge on any atom is 0.235 e. The van der Waals surface area contributed by atoms with Crippen molar-refractivity contribution in [3.05, 3.63) is 58.3 Å². The van der Waals surface area contributed by atoms with Gasteiger partial charge >= 0.3 is 0 Å². The van der Waals surface area contributed by atoms with Gasteiger partial charge in [0.15, 0.2) is 4.34 Å². The number of rotatable bonds is 8. The number of anilines is 1. The van der Waals surface area contributed by atoms with Crippen molar-refractivity contribution >= 4 is 45.5 Å². The normalized spacial score (nSPS) is 12.0. The summed E-state index contributed by atoms with van der Waals surface area (Å²) in [6.07, 6.45) is 0.952. The summed E-state index contributed by atoms with van der Waals surface area (Å²) < 4.78 is 0.723. The third kappa shape index (κ3) is 4.56. The molecule has 0 radical (unpaired) electrons. The standard InChI is InChI=1S/C16H16N4OS3/c17-14(21)13(11-5-2-1-3-6-11)23-16-20-19-15(24-16)18-9-8-12-7-4-10-22-12/h1-7,10,13H,8-9H2,(H2,17,21)(H,18,19). The molecule has 5 nitrogen and oxygen atoms in total. The number of hydrogen-bond donors (Lipinski definition) is 2. The zero-order chi connectivity index (χ0) is 16.8. The Morgan fingerprint density at radius 1 is 1.21 bits per heavy atom. The molecule has 3 rings (SSSR count).